The summed E-state index contributed by atoms with van der Waals surface area (Å²) in [5.74, 6) is 1.18. The van der Waals surface area contributed by atoms with Crippen LogP contribution in [-0.2, 0) is 13.5 Å². The highest BCUT2D eigenvalue weighted by molar-refractivity contribution is 5.98. The largest absolute Gasteiger partial charge is 0.438 e. The molecular weight excluding hydrogens is 504 g/mol. The molecule has 3 heterocycles. The van der Waals surface area contributed by atoms with Gasteiger partial charge >= 0.3 is 0 Å². The highest BCUT2D eigenvalue weighted by atomic mass is 16.5. The molecule has 1 atom stereocenters. The lowest BCUT2D eigenvalue weighted by atomic mass is 9.40. The first-order valence-corrected chi connectivity index (χ1v) is 13.4. The number of anilines is 1. The normalized spacial score (nSPS) is 24.2. The molecule has 2 aromatic heterocycles. The summed E-state index contributed by atoms with van der Waals surface area (Å²) >= 11 is 0. The summed E-state index contributed by atoms with van der Waals surface area (Å²) in [6, 6.07) is 8.06. The number of carbonyl (C=O) groups excluding carboxylic acids is 1. The summed E-state index contributed by atoms with van der Waals surface area (Å²) in [4.78, 5) is 29.4. The van der Waals surface area contributed by atoms with E-state index >= 15 is 0 Å². The number of hydrogen-bond acceptors (Lipinski definition) is 8. The van der Waals surface area contributed by atoms with Crippen LogP contribution in [0.15, 0.2) is 30.7 Å². The van der Waals surface area contributed by atoms with E-state index in [2.05, 4.69) is 16.4 Å². The molecule has 1 N–H and O–H groups in total. The summed E-state index contributed by atoms with van der Waals surface area (Å²) in [6.07, 6.45) is 9.78. The molecular formula is C30H30N8O2. The molecule has 1 unspecified atom stereocenters. The number of ether oxygens (including phenoxy) is 1. The van der Waals surface area contributed by atoms with Gasteiger partial charge in [0.15, 0.2) is 0 Å². The molecule has 2 bridgehead atoms. The Bertz CT molecular complexity index is 1610. The molecule has 7 rings (SSSR count). The van der Waals surface area contributed by atoms with Crippen LogP contribution in [0.25, 0.3) is 6.08 Å². The number of fused-ring (bicyclic) bond motifs is 1. The van der Waals surface area contributed by atoms with Crippen molar-refractivity contribution in [3.63, 3.8) is 0 Å². The number of carbonyl (C=O) groups is 1. The molecule has 0 saturated heterocycles. The Morgan fingerprint density at radius 1 is 1.20 bits per heavy atom. The maximum atomic E-state index is 13.7. The molecule has 3 fully saturated rings. The fourth-order valence-corrected chi connectivity index (χ4v) is 6.46. The molecule has 4 aliphatic rings. The number of allylic oxidation sites excluding steroid dienone is 1. The second-order valence-corrected chi connectivity index (χ2v) is 11.4. The zero-order chi connectivity index (χ0) is 28.2. The predicted octanol–water partition coefficient (Wildman–Crippen LogP) is 4.77. The van der Waals surface area contributed by atoms with Crippen LogP contribution < -0.4 is 10.1 Å². The third-order valence-corrected chi connectivity index (χ3v) is 8.30. The number of aryl methyl sites for hydroxylation is 3. The van der Waals surface area contributed by atoms with E-state index in [1.165, 1.54) is 6.08 Å². The van der Waals surface area contributed by atoms with Crippen molar-refractivity contribution in [2.45, 2.75) is 58.0 Å². The topological polar surface area (TPSA) is 133 Å². The third kappa shape index (κ3) is 4.17. The number of nitrogens with zero attached hydrogens (tertiary/aromatic N) is 7. The van der Waals surface area contributed by atoms with Gasteiger partial charge in [0.05, 0.1) is 41.2 Å². The maximum absolute atomic E-state index is 13.7. The van der Waals surface area contributed by atoms with Gasteiger partial charge in [-0.15, -0.1) is 0 Å². The van der Waals surface area contributed by atoms with Crippen LogP contribution in [0.1, 0.15) is 70.7 Å². The molecule has 202 valence electrons. The van der Waals surface area contributed by atoms with E-state index in [1.54, 1.807) is 17.3 Å². The van der Waals surface area contributed by atoms with Crippen LogP contribution in [-0.4, -0.2) is 42.4 Å². The van der Waals surface area contributed by atoms with Crippen LogP contribution in [0.4, 0.5) is 5.95 Å². The van der Waals surface area contributed by atoms with Gasteiger partial charge in [-0.05, 0) is 74.9 Å². The fourth-order valence-electron chi connectivity index (χ4n) is 6.46. The van der Waals surface area contributed by atoms with Crippen LogP contribution in [0.2, 0.25) is 0 Å². The molecule has 10 nitrogen and oxygen atoms in total. The van der Waals surface area contributed by atoms with Gasteiger partial charge in [-0.3, -0.25) is 4.79 Å². The van der Waals surface area contributed by atoms with E-state index in [0.717, 1.165) is 41.6 Å². The number of nitriles is 2. The second kappa shape index (κ2) is 9.20. The zero-order valence-electron chi connectivity index (χ0n) is 23.0. The number of amides is 1. The van der Waals surface area contributed by atoms with Crippen molar-refractivity contribution in [1.82, 2.24) is 24.4 Å². The SMILES string of the molecule is Cc1cc(/C=C/C#N)cc(C)c1Oc1nc(NC23CC(C#N)(C2)C3)nc2c1C(C)N(CCc1cn(C)cn1)C2=O. The minimum atomic E-state index is -0.287. The molecule has 1 aromatic carbocycles. The summed E-state index contributed by atoms with van der Waals surface area (Å²) in [5, 5.41) is 21.8. The molecule has 1 aliphatic heterocycles. The van der Waals surface area contributed by atoms with E-state index in [4.69, 9.17) is 20.0 Å². The Hall–Kier alpha value is -4.70. The Morgan fingerprint density at radius 3 is 2.55 bits per heavy atom. The maximum Gasteiger partial charge on any atom is 0.273 e. The highest BCUT2D eigenvalue weighted by Gasteiger charge is 2.69. The smallest absolute Gasteiger partial charge is 0.273 e. The predicted molar refractivity (Wildman–Crippen MR) is 147 cm³/mol. The summed E-state index contributed by atoms with van der Waals surface area (Å²) in [7, 11) is 1.92. The van der Waals surface area contributed by atoms with Crippen LogP contribution in [0.5, 0.6) is 11.6 Å². The molecule has 3 aromatic rings. The summed E-state index contributed by atoms with van der Waals surface area (Å²) in [6.45, 7) is 6.36. The first-order chi connectivity index (χ1) is 19.1. The Balaban J connectivity index is 1.34. The average Bonchev–Trinajstić information content (AvgIpc) is 3.40. The van der Waals surface area contributed by atoms with Gasteiger partial charge in [0.1, 0.15) is 11.4 Å². The van der Waals surface area contributed by atoms with Crippen molar-refractivity contribution in [1.29, 1.82) is 10.5 Å². The van der Waals surface area contributed by atoms with Crippen molar-refractivity contribution in [3.05, 3.63) is 64.4 Å². The van der Waals surface area contributed by atoms with Gasteiger partial charge in [-0.25, -0.2) is 9.97 Å². The highest BCUT2D eigenvalue weighted by Crippen LogP contribution is 2.67. The quantitative estimate of drug-likeness (QED) is 0.409. The van der Waals surface area contributed by atoms with Crippen molar-refractivity contribution in [2.24, 2.45) is 12.5 Å². The number of imidazole rings is 1. The number of benzene rings is 1. The average molecular weight is 535 g/mol. The standard InChI is InChI=1S/C30H30N8O2/c1-18-10-21(6-5-8-31)11-19(2)25(18)40-26-23-20(3)38(9-7-22-12-37(4)17-33-22)27(39)24(23)34-28(35-26)36-30-13-29(14-30,15-30)16-32/h5-6,10-12,17,20H,7,9,13-15H2,1-4H3,(H,34,35,36)/b6-5+. The Labute approximate surface area is 232 Å². The van der Waals surface area contributed by atoms with E-state index in [-0.39, 0.29) is 22.9 Å². The minimum absolute atomic E-state index is 0.162. The summed E-state index contributed by atoms with van der Waals surface area (Å²) in [5.41, 5.74) is 4.16. The van der Waals surface area contributed by atoms with Crippen LogP contribution in [0.3, 0.4) is 0 Å². The lowest BCUT2D eigenvalue weighted by Crippen LogP contribution is -2.70. The van der Waals surface area contributed by atoms with Crippen molar-refractivity contribution in [2.75, 3.05) is 11.9 Å². The van der Waals surface area contributed by atoms with Crippen LogP contribution in [0, 0.1) is 41.9 Å². The van der Waals surface area contributed by atoms with Crippen LogP contribution >= 0.6 is 0 Å². The van der Waals surface area contributed by atoms with E-state index in [9.17, 15) is 10.1 Å². The van der Waals surface area contributed by atoms with E-state index < -0.39 is 0 Å². The molecule has 3 aliphatic carbocycles. The monoisotopic (exact) mass is 534 g/mol. The Kier molecular flexibility index (Phi) is 5.88. The first kappa shape index (κ1) is 25.6. The molecule has 0 spiro atoms. The van der Waals surface area contributed by atoms with E-state index in [0.29, 0.717) is 41.8 Å². The lowest BCUT2D eigenvalue weighted by molar-refractivity contribution is -0.0665. The number of rotatable bonds is 8. The number of nitrogens with one attached hydrogen (secondary N) is 1. The van der Waals surface area contributed by atoms with Gasteiger partial charge in [-0.2, -0.15) is 15.5 Å². The summed E-state index contributed by atoms with van der Waals surface area (Å²) < 4.78 is 8.40. The van der Waals surface area contributed by atoms with Gasteiger partial charge in [0.25, 0.3) is 5.91 Å². The van der Waals surface area contributed by atoms with Gasteiger partial charge in [0.2, 0.25) is 11.8 Å². The van der Waals surface area contributed by atoms with Gasteiger partial charge in [0, 0.05) is 37.8 Å². The van der Waals surface area contributed by atoms with Crippen molar-refractivity contribution < 1.29 is 9.53 Å². The number of hydrogen-bond donors (Lipinski definition) is 1. The van der Waals surface area contributed by atoms with Gasteiger partial charge < -0.3 is 19.5 Å². The van der Waals surface area contributed by atoms with Crippen molar-refractivity contribution in [3.8, 4) is 23.8 Å². The molecule has 40 heavy (non-hydrogen) atoms. The van der Waals surface area contributed by atoms with Gasteiger partial charge in [-0.1, -0.05) is 0 Å². The lowest BCUT2D eigenvalue weighted by Gasteiger charge is -2.66. The second-order valence-electron chi connectivity index (χ2n) is 11.4. The third-order valence-electron chi connectivity index (χ3n) is 8.30. The molecule has 10 heteroatoms. The number of aromatic nitrogens is 4. The Morgan fingerprint density at radius 2 is 1.93 bits per heavy atom. The molecule has 3 saturated carbocycles. The zero-order valence-corrected chi connectivity index (χ0v) is 23.0. The molecule has 1 amide bonds. The van der Waals surface area contributed by atoms with Crippen molar-refractivity contribution >= 4 is 17.9 Å². The molecule has 0 radical (unpaired) electrons. The first-order valence-electron chi connectivity index (χ1n) is 13.4. The minimum Gasteiger partial charge on any atom is -0.438 e. The fraction of sp³-hybridized carbons (Fsp3) is 0.400. The van der Waals surface area contributed by atoms with E-state index in [1.807, 2.05) is 56.8 Å².